The van der Waals surface area contributed by atoms with Gasteiger partial charge in [-0.15, -0.1) is 12.5 Å². The quantitative estimate of drug-likeness (QED) is 0.558. The van der Waals surface area contributed by atoms with Gasteiger partial charge in [0.1, 0.15) is 12.4 Å². The predicted molar refractivity (Wildman–Crippen MR) is 112 cm³/mol. The molecule has 5 rings (SSSR count). The first-order valence-electron chi connectivity index (χ1n) is 10.1. The number of hydrogen-bond acceptors (Lipinski definition) is 4. The molecule has 4 heterocycles. The third-order valence-electron chi connectivity index (χ3n) is 6.30. The summed E-state index contributed by atoms with van der Waals surface area (Å²) in [5.74, 6) is 8.15. The Morgan fingerprint density at radius 1 is 1.39 bits per heavy atom. The van der Waals surface area contributed by atoms with Crippen LogP contribution in [0.25, 0.3) is 10.9 Å². The highest BCUT2D eigenvalue weighted by Crippen LogP contribution is 2.43. The molecule has 3 aliphatic heterocycles. The number of rotatable bonds is 6. The normalized spacial score (nSPS) is 27.1. The summed E-state index contributed by atoms with van der Waals surface area (Å²) in [6, 6.07) is 8.49. The SMILES string of the molecule is C=C[C@H]1CN2CCC1C[C@H]2[C@H](OCC#CC)c1ccnc2ccc(OC)cc12. The van der Waals surface area contributed by atoms with Crippen molar-refractivity contribution in [2.75, 3.05) is 26.8 Å². The van der Waals surface area contributed by atoms with Crippen molar-refractivity contribution in [3.63, 3.8) is 0 Å². The van der Waals surface area contributed by atoms with Gasteiger partial charge in [-0.2, -0.15) is 0 Å². The van der Waals surface area contributed by atoms with E-state index >= 15 is 0 Å². The molecule has 4 nitrogen and oxygen atoms in total. The van der Waals surface area contributed by atoms with E-state index in [0.717, 1.165) is 36.2 Å². The molecule has 0 aliphatic carbocycles. The molecule has 0 N–H and O–H groups in total. The molecule has 2 aromatic rings. The standard InChI is InChI=1S/C24H28N2O2/c1-4-6-13-28-24(23-14-18-10-12-26(23)16-17(18)5-2)20-9-11-25-22-8-7-19(27-3)15-21(20)22/h5,7-9,11,15,17-18,23-24H,2,10,12-14,16H2,1,3H3/t17-,18?,23-,24+/m0/s1. The second kappa shape index (κ2) is 8.34. The van der Waals surface area contributed by atoms with E-state index in [1.807, 2.05) is 25.3 Å². The second-order valence-corrected chi connectivity index (χ2v) is 7.69. The van der Waals surface area contributed by atoms with Crippen molar-refractivity contribution in [2.24, 2.45) is 11.8 Å². The Bertz CT molecular complexity index is 914. The zero-order valence-electron chi connectivity index (χ0n) is 16.7. The average molecular weight is 377 g/mol. The highest BCUT2D eigenvalue weighted by Gasteiger charge is 2.43. The maximum Gasteiger partial charge on any atom is 0.119 e. The van der Waals surface area contributed by atoms with E-state index in [2.05, 4.69) is 46.5 Å². The van der Waals surface area contributed by atoms with Crippen molar-refractivity contribution in [2.45, 2.75) is 31.9 Å². The van der Waals surface area contributed by atoms with Crippen LogP contribution in [0.5, 0.6) is 5.75 Å². The number of fused-ring (bicyclic) bond motifs is 4. The van der Waals surface area contributed by atoms with Gasteiger partial charge in [-0.25, -0.2) is 0 Å². The molecule has 2 bridgehead atoms. The molecule has 1 aromatic heterocycles. The lowest BCUT2D eigenvalue weighted by atomic mass is 9.73. The number of benzene rings is 1. The first-order chi connectivity index (χ1) is 13.7. The Kier molecular flexibility index (Phi) is 5.66. The summed E-state index contributed by atoms with van der Waals surface area (Å²) in [5, 5.41) is 1.10. The minimum Gasteiger partial charge on any atom is -0.497 e. The van der Waals surface area contributed by atoms with Crippen molar-refractivity contribution in [1.82, 2.24) is 9.88 Å². The molecule has 0 spiro atoms. The fourth-order valence-corrected chi connectivity index (χ4v) is 4.83. The predicted octanol–water partition coefficient (Wildman–Crippen LogP) is 4.22. The van der Waals surface area contributed by atoms with Crippen molar-refractivity contribution in [3.05, 3.63) is 48.7 Å². The van der Waals surface area contributed by atoms with Crippen molar-refractivity contribution < 1.29 is 9.47 Å². The lowest BCUT2D eigenvalue weighted by Crippen LogP contribution is -2.55. The van der Waals surface area contributed by atoms with Gasteiger partial charge in [-0.05, 0) is 68.0 Å². The van der Waals surface area contributed by atoms with Crippen LogP contribution < -0.4 is 4.74 Å². The zero-order valence-corrected chi connectivity index (χ0v) is 16.7. The van der Waals surface area contributed by atoms with Crippen LogP contribution in [0.2, 0.25) is 0 Å². The van der Waals surface area contributed by atoms with Gasteiger partial charge in [0.25, 0.3) is 0 Å². The molecule has 3 aliphatic rings. The summed E-state index contributed by atoms with van der Waals surface area (Å²) < 4.78 is 11.9. The molecule has 28 heavy (non-hydrogen) atoms. The highest BCUT2D eigenvalue weighted by molar-refractivity contribution is 5.84. The van der Waals surface area contributed by atoms with E-state index in [9.17, 15) is 0 Å². The van der Waals surface area contributed by atoms with E-state index in [-0.39, 0.29) is 6.10 Å². The van der Waals surface area contributed by atoms with Crippen LogP contribution in [0.15, 0.2) is 43.1 Å². The molecule has 146 valence electrons. The molecule has 3 saturated heterocycles. The number of pyridine rings is 1. The van der Waals surface area contributed by atoms with Crippen LogP contribution in [-0.4, -0.2) is 42.7 Å². The molecule has 0 amide bonds. The lowest BCUT2D eigenvalue weighted by Gasteiger charge is -2.51. The van der Waals surface area contributed by atoms with Crippen LogP contribution in [-0.2, 0) is 4.74 Å². The minimum absolute atomic E-state index is 0.0352. The van der Waals surface area contributed by atoms with Crippen LogP contribution in [0.4, 0.5) is 0 Å². The topological polar surface area (TPSA) is 34.6 Å². The molecule has 2 unspecified atom stereocenters. The van der Waals surface area contributed by atoms with Gasteiger partial charge in [0.05, 0.1) is 18.7 Å². The summed E-state index contributed by atoms with van der Waals surface area (Å²) in [6.45, 7) is 8.55. The Labute approximate surface area is 167 Å². The molecule has 0 saturated carbocycles. The monoisotopic (exact) mass is 376 g/mol. The molecule has 4 heteroatoms. The molecule has 3 fully saturated rings. The van der Waals surface area contributed by atoms with Crippen molar-refractivity contribution in [1.29, 1.82) is 0 Å². The van der Waals surface area contributed by atoms with E-state index in [1.165, 1.54) is 12.0 Å². The van der Waals surface area contributed by atoms with E-state index in [0.29, 0.717) is 24.5 Å². The summed E-state index contributed by atoms with van der Waals surface area (Å²) in [6.07, 6.45) is 6.37. The number of methoxy groups -OCH3 is 1. The Morgan fingerprint density at radius 2 is 2.29 bits per heavy atom. The minimum atomic E-state index is -0.0352. The highest BCUT2D eigenvalue weighted by atomic mass is 16.5. The van der Waals surface area contributed by atoms with Gasteiger partial charge >= 0.3 is 0 Å². The lowest BCUT2D eigenvalue weighted by molar-refractivity contribution is -0.0673. The summed E-state index contributed by atoms with van der Waals surface area (Å²) >= 11 is 0. The Balaban J connectivity index is 1.74. The summed E-state index contributed by atoms with van der Waals surface area (Å²) in [7, 11) is 1.70. The fourth-order valence-electron chi connectivity index (χ4n) is 4.83. The van der Waals surface area contributed by atoms with Crippen molar-refractivity contribution in [3.8, 4) is 17.6 Å². The van der Waals surface area contributed by atoms with Gasteiger partial charge in [-0.1, -0.05) is 12.0 Å². The van der Waals surface area contributed by atoms with Crippen LogP contribution in [0.1, 0.15) is 31.4 Å². The van der Waals surface area contributed by atoms with E-state index < -0.39 is 0 Å². The molecule has 0 radical (unpaired) electrons. The third-order valence-corrected chi connectivity index (χ3v) is 6.30. The third kappa shape index (κ3) is 3.53. The number of ether oxygens (including phenoxy) is 2. The van der Waals surface area contributed by atoms with Crippen LogP contribution in [0, 0.1) is 23.7 Å². The molecular weight excluding hydrogens is 348 g/mol. The molecule has 1 aromatic carbocycles. The van der Waals surface area contributed by atoms with Gasteiger partial charge < -0.3 is 9.47 Å². The molecule has 5 atom stereocenters. The zero-order chi connectivity index (χ0) is 19.5. The summed E-state index contributed by atoms with van der Waals surface area (Å²) in [4.78, 5) is 7.13. The second-order valence-electron chi connectivity index (χ2n) is 7.69. The first kappa shape index (κ1) is 19.0. The van der Waals surface area contributed by atoms with Crippen LogP contribution in [0.3, 0.4) is 0 Å². The Morgan fingerprint density at radius 3 is 3.00 bits per heavy atom. The number of aromatic nitrogens is 1. The number of hydrogen-bond donors (Lipinski definition) is 0. The van der Waals surface area contributed by atoms with Crippen molar-refractivity contribution >= 4 is 10.9 Å². The van der Waals surface area contributed by atoms with E-state index in [4.69, 9.17) is 9.47 Å². The first-order valence-corrected chi connectivity index (χ1v) is 10.1. The summed E-state index contributed by atoms with van der Waals surface area (Å²) in [5.41, 5.74) is 2.14. The number of piperidine rings is 3. The molecular formula is C24H28N2O2. The van der Waals surface area contributed by atoms with Gasteiger partial charge in [-0.3, -0.25) is 9.88 Å². The fraction of sp³-hybridized carbons (Fsp3) is 0.458. The van der Waals surface area contributed by atoms with Gasteiger partial charge in [0.15, 0.2) is 0 Å². The van der Waals surface area contributed by atoms with Crippen LogP contribution >= 0.6 is 0 Å². The van der Waals surface area contributed by atoms with E-state index in [1.54, 1.807) is 7.11 Å². The number of nitrogens with zero attached hydrogens (tertiary/aromatic N) is 2. The maximum atomic E-state index is 6.40. The largest absolute Gasteiger partial charge is 0.497 e. The van der Waals surface area contributed by atoms with Gasteiger partial charge in [0, 0.05) is 24.2 Å². The maximum absolute atomic E-state index is 6.40. The average Bonchev–Trinajstić information content (AvgIpc) is 2.76. The van der Waals surface area contributed by atoms with Gasteiger partial charge in [0.2, 0.25) is 0 Å². The Hall–Kier alpha value is -2.35. The smallest absolute Gasteiger partial charge is 0.119 e.